The van der Waals surface area contributed by atoms with Gasteiger partial charge in [-0.3, -0.25) is 4.79 Å². The van der Waals surface area contributed by atoms with E-state index in [2.05, 4.69) is 20.8 Å². The molecule has 2 heteroatoms. The molecular weight excluding hydrogens is 236 g/mol. The molecule has 0 bridgehead atoms. The molecule has 0 amide bonds. The van der Waals surface area contributed by atoms with Gasteiger partial charge in [0.2, 0.25) is 0 Å². The van der Waals surface area contributed by atoms with Gasteiger partial charge in [-0.25, -0.2) is 0 Å². The fourth-order valence-electron chi connectivity index (χ4n) is 2.32. The first-order valence-corrected chi connectivity index (χ1v) is 8.44. The molecule has 0 heterocycles. The molecule has 0 aromatic rings. The van der Waals surface area contributed by atoms with Crippen molar-refractivity contribution in [2.45, 2.75) is 104 Å². The summed E-state index contributed by atoms with van der Waals surface area (Å²) in [4.78, 5) is 11.8. The summed E-state index contributed by atoms with van der Waals surface area (Å²) in [5.74, 6) is 0.0199. The van der Waals surface area contributed by atoms with Crippen LogP contribution in [0.2, 0.25) is 0 Å². The molecule has 0 aromatic heterocycles. The maximum atomic E-state index is 11.8. The molecule has 0 radical (unpaired) electrons. The van der Waals surface area contributed by atoms with Gasteiger partial charge in [-0.1, -0.05) is 65.7 Å². The monoisotopic (exact) mass is 270 g/mol. The molecule has 114 valence electrons. The Morgan fingerprint density at radius 2 is 1.42 bits per heavy atom. The third-order valence-electron chi connectivity index (χ3n) is 3.52. The number of carbonyl (C=O) groups is 1. The topological polar surface area (TPSA) is 26.3 Å². The summed E-state index contributed by atoms with van der Waals surface area (Å²) < 4.78 is 5.61. The Bertz CT molecular complexity index is 201. The van der Waals surface area contributed by atoms with Gasteiger partial charge in [-0.05, 0) is 25.7 Å². The molecule has 0 spiro atoms. The summed E-state index contributed by atoms with van der Waals surface area (Å²) in [6.07, 6.45) is 13.5. The minimum Gasteiger partial charge on any atom is -0.462 e. The first-order valence-electron chi connectivity index (χ1n) is 8.44. The Kier molecular flexibility index (Phi) is 13.5. The zero-order valence-electron chi connectivity index (χ0n) is 13.4. The summed E-state index contributed by atoms with van der Waals surface area (Å²) in [5.41, 5.74) is 0. The maximum absolute atomic E-state index is 11.8. The van der Waals surface area contributed by atoms with Crippen molar-refractivity contribution in [1.82, 2.24) is 0 Å². The lowest BCUT2D eigenvalue weighted by Crippen LogP contribution is -2.18. The molecule has 0 rings (SSSR count). The first-order chi connectivity index (χ1) is 9.24. The maximum Gasteiger partial charge on any atom is 0.306 e. The van der Waals surface area contributed by atoms with Gasteiger partial charge < -0.3 is 4.74 Å². The Balaban J connectivity index is 3.70. The second-order valence-electron chi connectivity index (χ2n) is 5.56. The molecule has 0 fully saturated rings. The van der Waals surface area contributed by atoms with E-state index in [0.29, 0.717) is 6.42 Å². The van der Waals surface area contributed by atoms with E-state index in [1.807, 2.05) is 0 Å². The van der Waals surface area contributed by atoms with Crippen LogP contribution in [0, 0.1) is 0 Å². The van der Waals surface area contributed by atoms with E-state index in [4.69, 9.17) is 4.74 Å². The predicted molar refractivity (Wildman–Crippen MR) is 82.3 cm³/mol. The van der Waals surface area contributed by atoms with Crippen molar-refractivity contribution in [2.24, 2.45) is 0 Å². The number of hydrogen-bond donors (Lipinski definition) is 0. The first kappa shape index (κ1) is 18.5. The minimum atomic E-state index is 0.0199. The molecule has 0 aliphatic carbocycles. The predicted octanol–water partition coefficient (Wildman–Crippen LogP) is 5.64. The van der Waals surface area contributed by atoms with Crippen LogP contribution < -0.4 is 0 Å². The molecule has 1 unspecified atom stereocenters. The van der Waals surface area contributed by atoms with Crippen molar-refractivity contribution in [1.29, 1.82) is 0 Å². The van der Waals surface area contributed by atoms with E-state index in [1.54, 1.807) is 0 Å². The molecule has 0 aliphatic rings. The van der Waals surface area contributed by atoms with Gasteiger partial charge in [0, 0.05) is 6.42 Å². The van der Waals surface area contributed by atoms with Crippen molar-refractivity contribution in [3.63, 3.8) is 0 Å². The van der Waals surface area contributed by atoms with Crippen LogP contribution in [-0.2, 0) is 9.53 Å². The van der Waals surface area contributed by atoms with E-state index < -0.39 is 0 Å². The molecule has 2 nitrogen and oxygen atoms in total. The van der Waals surface area contributed by atoms with Crippen LogP contribution in [0.3, 0.4) is 0 Å². The molecule has 0 aromatic carbocycles. The van der Waals surface area contributed by atoms with Gasteiger partial charge in [-0.2, -0.15) is 0 Å². The fourth-order valence-corrected chi connectivity index (χ4v) is 2.32. The summed E-state index contributed by atoms with van der Waals surface area (Å²) in [5, 5.41) is 0. The second kappa shape index (κ2) is 13.9. The van der Waals surface area contributed by atoms with Gasteiger partial charge in [0.15, 0.2) is 0 Å². The third kappa shape index (κ3) is 12.3. The van der Waals surface area contributed by atoms with Crippen molar-refractivity contribution in [3.05, 3.63) is 0 Å². The zero-order chi connectivity index (χ0) is 14.3. The largest absolute Gasteiger partial charge is 0.462 e. The average Bonchev–Trinajstić information content (AvgIpc) is 2.39. The summed E-state index contributed by atoms with van der Waals surface area (Å²) in [6, 6.07) is 0. The van der Waals surface area contributed by atoms with Crippen molar-refractivity contribution in [3.8, 4) is 0 Å². The zero-order valence-corrected chi connectivity index (χ0v) is 13.4. The molecular formula is C17H34O2. The Labute approximate surface area is 120 Å². The van der Waals surface area contributed by atoms with Crippen LogP contribution in [0.5, 0.6) is 0 Å². The van der Waals surface area contributed by atoms with E-state index in [9.17, 15) is 4.79 Å². The summed E-state index contributed by atoms with van der Waals surface area (Å²) in [6.45, 7) is 6.57. The summed E-state index contributed by atoms with van der Waals surface area (Å²) in [7, 11) is 0. The fraction of sp³-hybridized carbons (Fsp3) is 0.941. The highest BCUT2D eigenvalue weighted by molar-refractivity contribution is 5.69. The van der Waals surface area contributed by atoms with Crippen LogP contribution >= 0.6 is 0 Å². The highest BCUT2D eigenvalue weighted by atomic mass is 16.5. The second-order valence-corrected chi connectivity index (χ2v) is 5.56. The number of hydrogen-bond acceptors (Lipinski definition) is 2. The lowest BCUT2D eigenvalue weighted by atomic mass is 10.1. The highest BCUT2D eigenvalue weighted by Gasteiger charge is 2.12. The molecule has 0 N–H and O–H groups in total. The van der Waals surface area contributed by atoms with Gasteiger partial charge in [0.25, 0.3) is 0 Å². The van der Waals surface area contributed by atoms with Gasteiger partial charge in [0.05, 0.1) is 0 Å². The SMILES string of the molecule is CCCCCCCC(=O)OC(CCC)CCCCC. The van der Waals surface area contributed by atoms with Gasteiger partial charge in [-0.15, -0.1) is 0 Å². The molecule has 0 saturated carbocycles. The van der Waals surface area contributed by atoms with E-state index in [-0.39, 0.29) is 12.1 Å². The van der Waals surface area contributed by atoms with Crippen LogP contribution in [0.1, 0.15) is 97.8 Å². The van der Waals surface area contributed by atoms with E-state index in [0.717, 1.165) is 32.1 Å². The lowest BCUT2D eigenvalue weighted by Gasteiger charge is -2.17. The minimum absolute atomic E-state index is 0.0199. The molecule has 0 aliphatic heterocycles. The number of rotatable bonds is 13. The van der Waals surface area contributed by atoms with Crippen LogP contribution in [0.4, 0.5) is 0 Å². The number of carbonyl (C=O) groups excluding carboxylic acids is 1. The van der Waals surface area contributed by atoms with Crippen LogP contribution in [-0.4, -0.2) is 12.1 Å². The van der Waals surface area contributed by atoms with Gasteiger partial charge >= 0.3 is 5.97 Å². The van der Waals surface area contributed by atoms with Gasteiger partial charge in [0.1, 0.15) is 6.10 Å². The van der Waals surface area contributed by atoms with Crippen LogP contribution in [0.15, 0.2) is 0 Å². The smallest absolute Gasteiger partial charge is 0.306 e. The molecule has 1 atom stereocenters. The van der Waals surface area contributed by atoms with E-state index in [1.165, 1.54) is 38.5 Å². The average molecular weight is 270 g/mol. The molecule has 19 heavy (non-hydrogen) atoms. The van der Waals surface area contributed by atoms with Crippen molar-refractivity contribution in [2.75, 3.05) is 0 Å². The Morgan fingerprint density at radius 3 is 2.05 bits per heavy atom. The van der Waals surface area contributed by atoms with E-state index >= 15 is 0 Å². The lowest BCUT2D eigenvalue weighted by molar-refractivity contribution is -0.150. The van der Waals surface area contributed by atoms with Crippen molar-refractivity contribution >= 4 is 5.97 Å². The highest BCUT2D eigenvalue weighted by Crippen LogP contribution is 2.14. The number of esters is 1. The number of unbranched alkanes of at least 4 members (excludes halogenated alkanes) is 6. The standard InChI is InChI=1S/C17H34O2/c1-4-7-9-10-12-15-17(18)19-16(13-6-3)14-11-8-5-2/h16H,4-15H2,1-3H3. The third-order valence-corrected chi connectivity index (χ3v) is 3.52. The van der Waals surface area contributed by atoms with Crippen molar-refractivity contribution < 1.29 is 9.53 Å². The normalized spacial score (nSPS) is 12.4. The Morgan fingerprint density at radius 1 is 0.789 bits per heavy atom. The quantitative estimate of drug-likeness (QED) is 0.320. The van der Waals surface area contributed by atoms with Crippen LogP contribution in [0.25, 0.3) is 0 Å². The summed E-state index contributed by atoms with van der Waals surface area (Å²) >= 11 is 0. The Hall–Kier alpha value is -0.530. The molecule has 0 saturated heterocycles. The number of ether oxygens (including phenoxy) is 1.